The number of hydrogen-bond acceptors (Lipinski definition) is 13. The highest BCUT2D eigenvalue weighted by Crippen LogP contribution is 2.34. The number of fused-ring (bicyclic) bond motifs is 1. The lowest BCUT2D eigenvalue weighted by atomic mass is 9.98. The Morgan fingerprint density at radius 2 is 1.53 bits per heavy atom. The Morgan fingerprint density at radius 3 is 2.26 bits per heavy atom. The van der Waals surface area contributed by atoms with E-state index in [0.29, 0.717) is 5.39 Å². The summed E-state index contributed by atoms with van der Waals surface area (Å²) in [6.45, 7) is 0.991. The Labute approximate surface area is 191 Å². The van der Waals surface area contributed by atoms with Crippen LogP contribution in [-0.4, -0.2) is 104 Å². The molecule has 13 nitrogen and oxygen atoms in total. The maximum atomic E-state index is 11.5. The molecule has 0 aliphatic carbocycles. The van der Waals surface area contributed by atoms with E-state index in [4.69, 9.17) is 23.4 Å². The van der Waals surface area contributed by atoms with Crippen LogP contribution in [0.15, 0.2) is 33.5 Å². The summed E-state index contributed by atoms with van der Waals surface area (Å²) in [5, 5.41) is 71.2. The molecule has 1 aromatic heterocycles. The lowest BCUT2D eigenvalue weighted by Crippen LogP contribution is -2.61. The van der Waals surface area contributed by atoms with E-state index in [-0.39, 0.29) is 17.1 Å². The van der Waals surface area contributed by atoms with Crippen molar-refractivity contribution in [2.75, 3.05) is 6.61 Å². The third-order valence-electron chi connectivity index (χ3n) is 5.85. The SMILES string of the molecule is C[C@@H]1O[C@@H](OC[C@@H]2O[C@H](Oc3cc4oc(=O)ccc4cc3O)[C@@H](O)[C@@H](O)[C@H]2O)[C@H](O)[C@@H](O)[C@H]1O. The number of aliphatic hydroxyl groups is 6. The lowest BCUT2D eigenvalue weighted by Gasteiger charge is -2.42. The predicted molar refractivity (Wildman–Crippen MR) is 110 cm³/mol. The van der Waals surface area contributed by atoms with Crippen LogP contribution in [-0.2, 0) is 14.2 Å². The maximum absolute atomic E-state index is 11.5. The van der Waals surface area contributed by atoms with Crippen LogP contribution in [0.1, 0.15) is 6.92 Å². The van der Waals surface area contributed by atoms with Crippen molar-refractivity contribution in [3.63, 3.8) is 0 Å². The van der Waals surface area contributed by atoms with Gasteiger partial charge in [-0.3, -0.25) is 0 Å². The van der Waals surface area contributed by atoms with Gasteiger partial charge in [-0.05, 0) is 19.1 Å². The summed E-state index contributed by atoms with van der Waals surface area (Å²) in [6, 6.07) is 5.07. The number of phenolic OH excluding ortho intramolecular Hbond substituents is 1. The third kappa shape index (κ3) is 4.75. The van der Waals surface area contributed by atoms with E-state index in [9.17, 15) is 40.5 Å². The van der Waals surface area contributed by atoms with E-state index in [1.807, 2.05) is 0 Å². The molecule has 2 fully saturated rings. The molecule has 0 saturated carbocycles. The number of rotatable bonds is 5. The van der Waals surface area contributed by atoms with Crippen molar-refractivity contribution in [3.8, 4) is 11.5 Å². The van der Waals surface area contributed by atoms with Gasteiger partial charge in [-0.15, -0.1) is 0 Å². The molecule has 7 N–H and O–H groups in total. The quantitative estimate of drug-likeness (QED) is 0.219. The van der Waals surface area contributed by atoms with Crippen LogP contribution in [0.3, 0.4) is 0 Å². The van der Waals surface area contributed by atoms with Gasteiger partial charge < -0.3 is 59.1 Å². The van der Waals surface area contributed by atoms with Crippen LogP contribution in [0.25, 0.3) is 11.0 Å². The van der Waals surface area contributed by atoms with Crippen LogP contribution >= 0.6 is 0 Å². The van der Waals surface area contributed by atoms with Crippen molar-refractivity contribution in [2.24, 2.45) is 0 Å². The Hall–Kier alpha value is -2.33. The summed E-state index contributed by atoms with van der Waals surface area (Å²) in [5.41, 5.74) is -0.544. The third-order valence-corrected chi connectivity index (χ3v) is 5.85. The van der Waals surface area contributed by atoms with Gasteiger partial charge in [0.1, 0.15) is 48.3 Å². The van der Waals surface area contributed by atoms with E-state index >= 15 is 0 Å². The molecule has 3 heterocycles. The highest BCUT2D eigenvalue weighted by atomic mass is 16.7. The maximum Gasteiger partial charge on any atom is 0.336 e. The molecule has 34 heavy (non-hydrogen) atoms. The van der Waals surface area contributed by atoms with Crippen molar-refractivity contribution in [2.45, 2.75) is 68.3 Å². The molecule has 2 aliphatic heterocycles. The van der Waals surface area contributed by atoms with Gasteiger partial charge in [0.25, 0.3) is 0 Å². The van der Waals surface area contributed by atoms with E-state index < -0.39 is 73.6 Å². The Kier molecular flexibility index (Phi) is 7.09. The molecule has 4 rings (SSSR count). The zero-order valence-electron chi connectivity index (χ0n) is 17.9. The second-order valence-corrected chi connectivity index (χ2v) is 8.26. The number of benzene rings is 1. The monoisotopic (exact) mass is 486 g/mol. The van der Waals surface area contributed by atoms with Gasteiger partial charge in [-0.2, -0.15) is 0 Å². The number of phenols is 1. The minimum absolute atomic E-state index is 0.0874. The van der Waals surface area contributed by atoms with Crippen molar-refractivity contribution in [3.05, 3.63) is 34.7 Å². The molecule has 0 bridgehead atoms. The second kappa shape index (κ2) is 9.73. The molecular weight excluding hydrogens is 460 g/mol. The van der Waals surface area contributed by atoms with Crippen molar-refractivity contribution >= 4 is 11.0 Å². The summed E-state index contributed by atoms with van der Waals surface area (Å²) in [7, 11) is 0. The van der Waals surface area contributed by atoms with Gasteiger partial charge in [-0.1, -0.05) is 0 Å². The van der Waals surface area contributed by atoms with Gasteiger partial charge in [0, 0.05) is 17.5 Å². The molecule has 0 amide bonds. The molecule has 2 saturated heterocycles. The zero-order valence-corrected chi connectivity index (χ0v) is 17.9. The molecule has 1 aromatic carbocycles. The minimum atomic E-state index is -1.74. The first-order valence-corrected chi connectivity index (χ1v) is 10.5. The number of hydrogen-bond donors (Lipinski definition) is 7. The highest BCUT2D eigenvalue weighted by Gasteiger charge is 2.47. The van der Waals surface area contributed by atoms with Gasteiger partial charge >= 0.3 is 5.63 Å². The fourth-order valence-corrected chi connectivity index (χ4v) is 3.80. The first kappa shape index (κ1) is 24.8. The number of ether oxygens (including phenoxy) is 4. The zero-order chi connectivity index (χ0) is 24.7. The summed E-state index contributed by atoms with van der Waals surface area (Å²) >= 11 is 0. The Morgan fingerprint density at radius 1 is 0.853 bits per heavy atom. The van der Waals surface area contributed by atoms with Gasteiger partial charge in [0.2, 0.25) is 6.29 Å². The van der Waals surface area contributed by atoms with Crippen LogP contribution in [0.4, 0.5) is 0 Å². The molecule has 13 heteroatoms. The van der Waals surface area contributed by atoms with E-state index in [2.05, 4.69) is 0 Å². The van der Waals surface area contributed by atoms with Crippen LogP contribution < -0.4 is 10.4 Å². The minimum Gasteiger partial charge on any atom is -0.504 e. The van der Waals surface area contributed by atoms with Gasteiger partial charge in [-0.25, -0.2) is 4.79 Å². The first-order chi connectivity index (χ1) is 16.1. The molecule has 0 unspecified atom stereocenters. The molecule has 0 spiro atoms. The first-order valence-electron chi connectivity index (χ1n) is 10.5. The Balaban J connectivity index is 1.47. The smallest absolute Gasteiger partial charge is 0.336 e. The van der Waals surface area contributed by atoms with Crippen molar-refractivity contribution in [1.29, 1.82) is 0 Å². The molecule has 2 aliphatic rings. The molecule has 2 aromatic rings. The standard InChI is InChI=1S/C21H26O13/c1-7-14(24)16(26)18(28)20(31-7)30-6-12-15(25)17(27)19(29)21(34-12)33-11-5-10-8(4-9(11)22)2-3-13(23)32-10/h2-5,7,12,14-22,24-29H,6H2,1H3/t7-,12-,14-,15-,16-,17-,18+,19-,20+,21-/m0/s1. The fourth-order valence-electron chi connectivity index (χ4n) is 3.80. The van der Waals surface area contributed by atoms with Crippen molar-refractivity contribution < 1.29 is 59.1 Å². The summed E-state index contributed by atoms with van der Waals surface area (Å²) in [6.07, 6.45) is -14.7. The lowest BCUT2D eigenvalue weighted by molar-refractivity contribution is -0.318. The molecule has 0 radical (unpaired) electrons. The topological polar surface area (TPSA) is 209 Å². The van der Waals surface area contributed by atoms with E-state index in [1.54, 1.807) is 0 Å². The van der Waals surface area contributed by atoms with E-state index in [1.165, 1.54) is 31.2 Å². The average molecular weight is 486 g/mol. The van der Waals surface area contributed by atoms with E-state index in [0.717, 1.165) is 0 Å². The second-order valence-electron chi connectivity index (χ2n) is 8.26. The van der Waals surface area contributed by atoms with Crippen LogP contribution in [0.2, 0.25) is 0 Å². The number of aromatic hydroxyl groups is 1. The summed E-state index contributed by atoms with van der Waals surface area (Å²) < 4.78 is 26.8. The summed E-state index contributed by atoms with van der Waals surface area (Å²) in [5.74, 6) is -0.600. The largest absolute Gasteiger partial charge is 0.504 e. The highest BCUT2D eigenvalue weighted by molar-refractivity contribution is 5.80. The molecule has 10 atom stereocenters. The predicted octanol–water partition coefficient (Wildman–Crippen LogP) is -2.47. The number of aliphatic hydroxyl groups excluding tert-OH is 6. The van der Waals surface area contributed by atoms with Gasteiger partial charge in [0.15, 0.2) is 17.8 Å². The average Bonchev–Trinajstić information content (AvgIpc) is 2.80. The molecule has 188 valence electrons. The van der Waals surface area contributed by atoms with Crippen molar-refractivity contribution in [1.82, 2.24) is 0 Å². The summed E-state index contributed by atoms with van der Waals surface area (Å²) in [4.78, 5) is 11.5. The van der Waals surface area contributed by atoms with Crippen LogP contribution in [0, 0.1) is 0 Å². The van der Waals surface area contributed by atoms with Gasteiger partial charge in [0.05, 0.1) is 12.7 Å². The van der Waals surface area contributed by atoms with Crippen LogP contribution in [0.5, 0.6) is 11.5 Å². The fraction of sp³-hybridized carbons (Fsp3) is 0.571. The molecular formula is C21H26O13. The normalized spacial score (nSPS) is 38.7. The Bertz CT molecular complexity index is 1060.